The Balaban J connectivity index is 1.72. The summed E-state index contributed by atoms with van der Waals surface area (Å²) in [5.41, 5.74) is 5.63. The number of quaternary nitrogens is 4. The summed E-state index contributed by atoms with van der Waals surface area (Å²) in [5, 5.41) is 46.5. The molecule has 2 aliphatic heterocycles. The zero-order valence-corrected chi connectivity index (χ0v) is 14.4. The Morgan fingerprint density at radius 1 is 0.923 bits per heavy atom. The van der Waals surface area contributed by atoms with Crippen molar-refractivity contribution in [2.75, 3.05) is 52.4 Å². The van der Waals surface area contributed by atoms with E-state index >= 15 is 0 Å². The maximum Gasteiger partial charge on any atom is 0.383 e. The lowest BCUT2D eigenvalue weighted by atomic mass is 10.2. The summed E-state index contributed by atoms with van der Waals surface area (Å²) in [6.07, 6.45) is -0.459. The Labute approximate surface area is 149 Å². The van der Waals surface area contributed by atoms with Crippen LogP contribution >= 0.6 is 0 Å². The molecule has 2 aliphatic rings. The molecule has 150 valence electrons. The van der Waals surface area contributed by atoms with Crippen molar-refractivity contribution >= 4 is 11.9 Å². The average Bonchev–Trinajstić information content (AvgIpc) is 2.58. The number of rotatable bonds is 6. The van der Waals surface area contributed by atoms with Crippen molar-refractivity contribution < 1.29 is 39.0 Å². The molecule has 0 aromatic rings. The van der Waals surface area contributed by atoms with Crippen molar-refractivity contribution in [2.24, 2.45) is 5.73 Å². The Morgan fingerprint density at radius 3 is 1.81 bits per heavy atom. The number of nitrogens with one attached hydrogen (secondary N) is 2. The van der Waals surface area contributed by atoms with Gasteiger partial charge in [0.2, 0.25) is 0 Å². The van der Waals surface area contributed by atoms with Gasteiger partial charge in [0.05, 0.1) is 6.42 Å². The molecule has 0 spiro atoms. The van der Waals surface area contributed by atoms with Crippen LogP contribution in [0.5, 0.6) is 0 Å². The third-order valence-corrected chi connectivity index (χ3v) is 4.41. The van der Waals surface area contributed by atoms with Crippen molar-refractivity contribution in [1.29, 1.82) is 0 Å². The van der Waals surface area contributed by atoms with Gasteiger partial charge in [-0.25, -0.2) is 9.59 Å². The second kappa shape index (κ2) is 8.51. The van der Waals surface area contributed by atoms with Gasteiger partial charge in [0.15, 0.2) is 26.2 Å². The topological polar surface area (TPSA) is 180 Å². The molecule has 13 heteroatoms. The summed E-state index contributed by atoms with van der Waals surface area (Å²) in [4.78, 5) is 30.8. The highest BCUT2D eigenvalue weighted by atomic mass is 16.9. The van der Waals surface area contributed by atoms with E-state index < -0.39 is 27.6 Å². The molecular weight excluding hydrogens is 354 g/mol. The molecule has 2 rings (SSSR count). The average molecular weight is 379 g/mol. The van der Waals surface area contributed by atoms with Crippen molar-refractivity contribution in [3.05, 3.63) is 20.8 Å². The molecule has 2 fully saturated rings. The van der Waals surface area contributed by atoms with Crippen molar-refractivity contribution in [3.8, 4) is 0 Å². The molecule has 0 aliphatic carbocycles. The first-order valence-electron chi connectivity index (χ1n) is 8.52. The molecule has 2 saturated heterocycles. The Kier molecular flexibility index (Phi) is 6.84. The zero-order chi connectivity index (χ0) is 19.4. The number of hydrogen-bond acceptors (Lipinski definition) is 9. The van der Waals surface area contributed by atoms with Crippen molar-refractivity contribution in [3.63, 3.8) is 0 Å². The SMILES string of the molecule is N[C@@H](CCC(=O)O[N+]1([O-])CC[NH+]([O-])CC1)C(=O)O[N+]1([O-])CC[NH+]([O-])CC1. The number of nitrogens with two attached hydrogens (primary N) is 1. The van der Waals surface area contributed by atoms with Gasteiger partial charge in [-0.2, -0.15) is 9.62 Å². The maximum atomic E-state index is 12.2. The lowest BCUT2D eigenvalue weighted by Crippen LogP contribution is -3.11. The van der Waals surface area contributed by atoms with Crippen LogP contribution in [0.15, 0.2) is 0 Å². The predicted molar refractivity (Wildman–Crippen MR) is 84.2 cm³/mol. The second-order valence-electron chi connectivity index (χ2n) is 6.62. The Hall–Kier alpha value is -1.42. The number of carbonyl (C=O) groups excluding carboxylic acids is 2. The van der Waals surface area contributed by atoms with Crippen LogP contribution in [0.3, 0.4) is 0 Å². The molecule has 0 radical (unpaired) electrons. The fourth-order valence-corrected chi connectivity index (χ4v) is 2.69. The van der Waals surface area contributed by atoms with Gasteiger partial charge in [-0.1, -0.05) is 0 Å². The summed E-state index contributed by atoms with van der Waals surface area (Å²) in [6.45, 7) is -0.415. The fraction of sp³-hybridized carbons (Fsp3) is 0.846. The molecule has 0 aromatic heterocycles. The van der Waals surface area contributed by atoms with E-state index in [4.69, 9.17) is 15.4 Å². The molecule has 0 unspecified atom stereocenters. The van der Waals surface area contributed by atoms with Crippen LogP contribution in [0.2, 0.25) is 0 Å². The minimum Gasteiger partial charge on any atom is -0.634 e. The van der Waals surface area contributed by atoms with E-state index in [0.29, 0.717) is 0 Å². The summed E-state index contributed by atoms with van der Waals surface area (Å²) < 4.78 is 0. The third-order valence-electron chi connectivity index (χ3n) is 4.41. The summed E-state index contributed by atoms with van der Waals surface area (Å²) in [7, 11) is 0. The van der Waals surface area contributed by atoms with Crippen molar-refractivity contribution in [1.82, 2.24) is 0 Å². The monoisotopic (exact) mass is 379 g/mol. The van der Waals surface area contributed by atoms with E-state index in [2.05, 4.69) is 0 Å². The normalized spacial score (nSPS) is 36.2. The largest absolute Gasteiger partial charge is 0.634 e. The van der Waals surface area contributed by atoms with Gasteiger partial charge in [-0.3, -0.25) is 9.68 Å². The highest BCUT2D eigenvalue weighted by Crippen LogP contribution is 2.12. The number of hydrogen-bond donors (Lipinski definition) is 3. The minimum absolute atomic E-state index is 0.0321. The first-order valence-corrected chi connectivity index (χ1v) is 8.52. The van der Waals surface area contributed by atoms with Crippen LogP contribution in [0.4, 0.5) is 0 Å². The molecule has 0 aromatic carbocycles. The lowest BCUT2D eigenvalue weighted by molar-refractivity contribution is -1.09. The summed E-state index contributed by atoms with van der Waals surface area (Å²) in [5.74, 6) is -1.82. The van der Waals surface area contributed by atoms with Crippen LogP contribution in [-0.4, -0.2) is 80.0 Å². The predicted octanol–water partition coefficient (Wildman–Crippen LogP) is -4.57. The number of piperazine rings is 2. The van der Waals surface area contributed by atoms with Gasteiger partial charge in [0.25, 0.3) is 0 Å². The van der Waals surface area contributed by atoms with Crippen LogP contribution in [0.1, 0.15) is 12.8 Å². The van der Waals surface area contributed by atoms with Gasteiger partial charge in [-0.15, -0.1) is 0 Å². The van der Waals surface area contributed by atoms with Crippen LogP contribution in [0.25, 0.3) is 0 Å². The molecule has 4 N–H and O–H groups in total. The third kappa shape index (κ3) is 6.08. The van der Waals surface area contributed by atoms with E-state index in [1.165, 1.54) is 0 Å². The highest BCUT2D eigenvalue weighted by Gasteiger charge is 2.34. The Morgan fingerprint density at radius 2 is 1.35 bits per heavy atom. The summed E-state index contributed by atoms with van der Waals surface area (Å²) >= 11 is 0. The quantitative estimate of drug-likeness (QED) is 0.302. The first kappa shape index (κ1) is 20.9. The van der Waals surface area contributed by atoms with E-state index in [1.54, 1.807) is 0 Å². The summed E-state index contributed by atoms with van der Waals surface area (Å²) in [6, 6.07) is -1.23. The number of carbonyl (C=O) groups is 2. The molecule has 26 heavy (non-hydrogen) atoms. The highest BCUT2D eigenvalue weighted by molar-refractivity contribution is 5.76. The second-order valence-corrected chi connectivity index (χ2v) is 6.62. The minimum atomic E-state index is -1.27. The van der Waals surface area contributed by atoms with Gasteiger partial charge >= 0.3 is 11.9 Å². The van der Waals surface area contributed by atoms with E-state index in [0.717, 1.165) is 0 Å². The van der Waals surface area contributed by atoms with E-state index in [9.17, 15) is 30.4 Å². The van der Waals surface area contributed by atoms with E-state index in [-0.39, 0.29) is 75.3 Å². The Bertz CT molecular complexity index is 505. The van der Waals surface area contributed by atoms with Gasteiger partial charge in [0.1, 0.15) is 32.2 Å². The molecule has 2 heterocycles. The molecule has 0 saturated carbocycles. The fourth-order valence-electron chi connectivity index (χ4n) is 2.69. The smallest absolute Gasteiger partial charge is 0.383 e. The van der Waals surface area contributed by atoms with Crippen LogP contribution < -0.4 is 15.9 Å². The number of nitrogens with zero attached hydrogens (tertiary/aromatic N) is 2. The van der Waals surface area contributed by atoms with Crippen LogP contribution in [0, 0.1) is 20.8 Å². The lowest BCUT2D eigenvalue weighted by Gasteiger charge is -2.43. The van der Waals surface area contributed by atoms with Gasteiger partial charge < -0.3 is 36.7 Å². The standard InChI is InChI=1S/C13H25N5O8/c14-11(13(20)26-18(24)9-5-16(22)6-10-18)1-2-12(19)25-17(23)7-3-15(21)4-8-17/h11,15-16H,1-10,14H2/t11-/m0/s1. The number of hydroxylamine groups is 12. The molecule has 13 nitrogen and oxygen atoms in total. The van der Waals surface area contributed by atoms with Crippen molar-refractivity contribution in [2.45, 2.75) is 18.9 Å². The van der Waals surface area contributed by atoms with Gasteiger partial charge in [0, 0.05) is 0 Å². The molecule has 1 atom stereocenters. The maximum absolute atomic E-state index is 12.2. The van der Waals surface area contributed by atoms with E-state index in [1.807, 2.05) is 0 Å². The molecule has 0 amide bonds. The van der Waals surface area contributed by atoms with Gasteiger partial charge in [-0.05, 0) is 6.42 Å². The first-order chi connectivity index (χ1) is 12.1. The zero-order valence-electron chi connectivity index (χ0n) is 14.4. The molecular formula is C13H25N5O8. The molecule has 0 bridgehead atoms. The van der Waals surface area contributed by atoms with Crippen LogP contribution in [-0.2, 0) is 19.3 Å².